The first-order valence-corrected chi connectivity index (χ1v) is 8.06. The molecule has 108 valence electrons. The standard InChI is InChI=1S/C16H34N2/c1-5-15-9-8-11-18(12-10-15)14-16(6-2,7-3)13-17-4/h15,17H,5-14H2,1-4H3. The van der Waals surface area contributed by atoms with Crippen LogP contribution in [0.1, 0.15) is 59.3 Å². The summed E-state index contributed by atoms with van der Waals surface area (Å²) in [4.78, 5) is 2.74. The van der Waals surface area contributed by atoms with Crippen LogP contribution in [-0.4, -0.2) is 38.1 Å². The van der Waals surface area contributed by atoms with Crippen LogP contribution in [0.15, 0.2) is 0 Å². The average Bonchev–Trinajstić information content (AvgIpc) is 2.63. The van der Waals surface area contributed by atoms with Crippen LogP contribution in [0.2, 0.25) is 0 Å². The molecule has 1 rings (SSSR count). The molecule has 1 aliphatic rings. The van der Waals surface area contributed by atoms with Crippen LogP contribution in [0, 0.1) is 11.3 Å². The molecule has 1 heterocycles. The highest BCUT2D eigenvalue weighted by Crippen LogP contribution is 2.29. The van der Waals surface area contributed by atoms with Gasteiger partial charge >= 0.3 is 0 Å². The maximum Gasteiger partial charge on any atom is 0.00499 e. The molecule has 0 spiro atoms. The van der Waals surface area contributed by atoms with Gasteiger partial charge in [0, 0.05) is 13.1 Å². The van der Waals surface area contributed by atoms with Crippen molar-refractivity contribution in [3.8, 4) is 0 Å². The average molecular weight is 254 g/mol. The first-order chi connectivity index (χ1) is 8.69. The van der Waals surface area contributed by atoms with Crippen LogP contribution in [-0.2, 0) is 0 Å². The molecule has 0 aromatic rings. The first kappa shape index (κ1) is 16.0. The highest BCUT2D eigenvalue weighted by Gasteiger charge is 2.29. The van der Waals surface area contributed by atoms with Gasteiger partial charge in [-0.25, -0.2) is 0 Å². The van der Waals surface area contributed by atoms with E-state index >= 15 is 0 Å². The van der Waals surface area contributed by atoms with Gasteiger partial charge in [-0.15, -0.1) is 0 Å². The maximum absolute atomic E-state index is 3.41. The number of nitrogens with zero attached hydrogens (tertiary/aromatic N) is 1. The largest absolute Gasteiger partial charge is 0.319 e. The van der Waals surface area contributed by atoms with E-state index in [4.69, 9.17) is 0 Å². The zero-order valence-electron chi connectivity index (χ0n) is 13.1. The van der Waals surface area contributed by atoms with Gasteiger partial charge in [0.05, 0.1) is 0 Å². The van der Waals surface area contributed by atoms with Gasteiger partial charge in [-0.05, 0) is 63.6 Å². The molecule has 0 bridgehead atoms. The summed E-state index contributed by atoms with van der Waals surface area (Å²) in [6, 6.07) is 0. The van der Waals surface area contributed by atoms with Gasteiger partial charge in [-0.2, -0.15) is 0 Å². The molecule has 2 heteroatoms. The first-order valence-electron chi connectivity index (χ1n) is 8.06. The monoisotopic (exact) mass is 254 g/mol. The van der Waals surface area contributed by atoms with Crippen LogP contribution in [0.4, 0.5) is 0 Å². The molecule has 0 radical (unpaired) electrons. The summed E-state index contributed by atoms with van der Waals surface area (Å²) >= 11 is 0. The van der Waals surface area contributed by atoms with Gasteiger partial charge in [0.15, 0.2) is 0 Å². The van der Waals surface area contributed by atoms with Crippen molar-refractivity contribution in [3.05, 3.63) is 0 Å². The number of likely N-dealkylation sites (tertiary alicyclic amines) is 1. The molecule has 18 heavy (non-hydrogen) atoms. The van der Waals surface area contributed by atoms with Gasteiger partial charge in [0.1, 0.15) is 0 Å². The van der Waals surface area contributed by atoms with Gasteiger partial charge in [-0.3, -0.25) is 0 Å². The third-order valence-corrected chi connectivity index (χ3v) is 5.13. The lowest BCUT2D eigenvalue weighted by Gasteiger charge is -2.37. The Labute approximate surface area is 115 Å². The molecular weight excluding hydrogens is 220 g/mol. The van der Waals surface area contributed by atoms with E-state index in [1.54, 1.807) is 0 Å². The van der Waals surface area contributed by atoms with Crippen molar-refractivity contribution in [2.24, 2.45) is 11.3 Å². The zero-order valence-corrected chi connectivity index (χ0v) is 13.1. The van der Waals surface area contributed by atoms with E-state index in [0.29, 0.717) is 5.41 Å². The van der Waals surface area contributed by atoms with Crippen molar-refractivity contribution in [2.45, 2.75) is 59.3 Å². The van der Waals surface area contributed by atoms with Crippen LogP contribution >= 0.6 is 0 Å². The van der Waals surface area contributed by atoms with Gasteiger partial charge in [0.25, 0.3) is 0 Å². The van der Waals surface area contributed by atoms with E-state index in [2.05, 4.69) is 38.0 Å². The fraction of sp³-hybridized carbons (Fsp3) is 1.00. The smallest absolute Gasteiger partial charge is 0.00499 e. The number of hydrogen-bond acceptors (Lipinski definition) is 2. The van der Waals surface area contributed by atoms with Crippen LogP contribution < -0.4 is 5.32 Å². The van der Waals surface area contributed by atoms with Crippen molar-refractivity contribution in [1.29, 1.82) is 0 Å². The second-order valence-electron chi connectivity index (χ2n) is 6.22. The summed E-state index contributed by atoms with van der Waals surface area (Å²) in [6.07, 6.45) is 8.22. The molecule has 1 aliphatic heterocycles. The molecule has 0 aliphatic carbocycles. The van der Waals surface area contributed by atoms with Crippen LogP contribution in [0.3, 0.4) is 0 Å². The highest BCUT2D eigenvalue weighted by atomic mass is 15.1. The van der Waals surface area contributed by atoms with E-state index in [9.17, 15) is 0 Å². The predicted octanol–water partition coefficient (Wildman–Crippen LogP) is 3.52. The highest BCUT2D eigenvalue weighted by molar-refractivity contribution is 4.83. The van der Waals surface area contributed by atoms with Crippen molar-refractivity contribution in [3.63, 3.8) is 0 Å². The second-order valence-corrected chi connectivity index (χ2v) is 6.22. The summed E-state index contributed by atoms with van der Waals surface area (Å²) in [5.41, 5.74) is 0.487. The number of rotatable bonds is 7. The maximum atomic E-state index is 3.41. The van der Waals surface area contributed by atoms with E-state index in [-0.39, 0.29) is 0 Å². The Balaban J connectivity index is 2.53. The molecule has 1 atom stereocenters. The molecule has 2 nitrogen and oxygen atoms in total. The van der Waals surface area contributed by atoms with Gasteiger partial charge < -0.3 is 10.2 Å². The summed E-state index contributed by atoms with van der Waals surface area (Å²) in [6.45, 7) is 12.2. The van der Waals surface area contributed by atoms with E-state index in [1.165, 1.54) is 58.2 Å². The minimum absolute atomic E-state index is 0.487. The molecule has 1 saturated heterocycles. The quantitative estimate of drug-likeness (QED) is 0.748. The van der Waals surface area contributed by atoms with Crippen molar-refractivity contribution in [2.75, 3.05) is 33.2 Å². The van der Waals surface area contributed by atoms with Gasteiger partial charge in [-0.1, -0.05) is 27.2 Å². The van der Waals surface area contributed by atoms with Gasteiger partial charge in [0.2, 0.25) is 0 Å². The molecule has 1 unspecified atom stereocenters. The summed E-state index contributed by atoms with van der Waals surface area (Å²) in [5, 5.41) is 3.41. The summed E-state index contributed by atoms with van der Waals surface area (Å²) in [7, 11) is 2.09. The summed E-state index contributed by atoms with van der Waals surface area (Å²) < 4.78 is 0. The second kappa shape index (κ2) is 8.16. The fourth-order valence-corrected chi connectivity index (χ4v) is 3.42. The van der Waals surface area contributed by atoms with Crippen molar-refractivity contribution >= 4 is 0 Å². The lowest BCUT2D eigenvalue weighted by atomic mass is 9.81. The third-order valence-electron chi connectivity index (χ3n) is 5.13. The van der Waals surface area contributed by atoms with Crippen molar-refractivity contribution in [1.82, 2.24) is 10.2 Å². The lowest BCUT2D eigenvalue weighted by Crippen LogP contribution is -2.43. The Bertz CT molecular complexity index is 211. The molecular formula is C16H34N2. The zero-order chi connectivity index (χ0) is 13.4. The van der Waals surface area contributed by atoms with E-state index < -0.39 is 0 Å². The number of nitrogens with one attached hydrogen (secondary N) is 1. The Morgan fingerprint density at radius 1 is 1.11 bits per heavy atom. The molecule has 1 N–H and O–H groups in total. The number of hydrogen-bond donors (Lipinski definition) is 1. The van der Waals surface area contributed by atoms with Crippen LogP contribution in [0.5, 0.6) is 0 Å². The Morgan fingerprint density at radius 3 is 2.39 bits per heavy atom. The summed E-state index contributed by atoms with van der Waals surface area (Å²) in [5.74, 6) is 0.983. The topological polar surface area (TPSA) is 15.3 Å². The lowest BCUT2D eigenvalue weighted by molar-refractivity contribution is 0.138. The third kappa shape index (κ3) is 4.55. The van der Waals surface area contributed by atoms with Crippen LogP contribution in [0.25, 0.3) is 0 Å². The molecule has 0 amide bonds. The minimum Gasteiger partial charge on any atom is -0.319 e. The normalized spacial score (nSPS) is 23.0. The molecule has 0 saturated carbocycles. The Morgan fingerprint density at radius 2 is 1.83 bits per heavy atom. The van der Waals surface area contributed by atoms with Crippen molar-refractivity contribution < 1.29 is 0 Å². The molecule has 0 aromatic carbocycles. The minimum atomic E-state index is 0.487. The Hall–Kier alpha value is -0.0800. The Kier molecular flexibility index (Phi) is 7.25. The molecule has 0 aromatic heterocycles. The SMILES string of the molecule is CCC1CCCN(CC(CC)(CC)CNC)CC1. The predicted molar refractivity (Wildman–Crippen MR) is 81.0 cm³/mol. The van der Waals surface area contributed by atoms with E-state index in [0.717, 1.165) is 12.5 Å². The molecule has 1 fully saturated rings. The van der Waals surface area contributed by atoms with E-state index in [1.807, 2.05) is 0 Å². The fourth-order valence-electron chi connectivity index (χ4n) is 3.42.